The van der Waals surface area contributed by atoms with Crippen LogP contribution in [0.4, 0.5) is 0 Å². The molecule has 0 spiro atoms. The number of hydrogen-bond acceptors (Lipinski definition) is 3. The predicted molar refractivity (Wildman–Crippen MR) is 215 cm³/mol. The van der Waals surface area contributed by atoms with Gasteiger partial charge in [-0.15, -0.1) is 11.3 Å². The second-order valence-corrected chi connectivity index (χ2v) is 15.2. The average Bonchev–Trinajstić information content (AvgIpc) is 3.80. The van der Waals surface area contributed by atoms with E-state index in [4.69, 9.17) is 9.97 Å². The smallest absolute Gasteiger partial charge is 0.235 e. The molecule has 0 aliphatic heterocycles. The van der Waals surface area contributed by atoms with Crippen LogP contribution in [0.2, 0.25) is 0 Å². The first-order chi connectivity index (χ1) is 25.1. The van der Waals surface area contributed by atoms with Crippen molar-refractivity contribution in [2.45, 2.75) is 19.3 Å². The fourth-order valence-corrected chi connectivity index (χ4v) is 9.90. The molecular weight excluding hydrogens is 639 g/mol. The van der Waals surface area contributed by atoms with Crippen LogP contribution in [-0.2, 0) is 5.41 Å². The van der Waals surface area contributed by atoms with Crippen LogP contribution in [0.5, 0.6) is 0 Å². The zero-order valence-corrected chi connectivity index (χ0v) is 29.0. The number of aromatic nitrogens is 3. The molecule has 0 radical (unpaired) electrons. The Labute approximate surface area is 299 Å². The van der Waals surface area contributed by atoms with E-state index in [0.29, 0.717) is 5.95 Å². The highest BCUT2D eigenvalue weighted by Gasteiger charge is 2.37. The molecular formula is C47H31N3S. The summed E-state index contributed by atoms with van der Waals surface area (Å²) < 4.78 is 4.66. The van der Waals surface area contributed by atoms with Gasteiger partial charge >= 0.3 is 0 Å². The number of nitrogens with zero attached hydrogens (tertiary/aromatic N) is 3. The number of para-hydroxylation sites is 1. The maximum atomic E-state index is 5.62. The first kappa shape index (κ1) is 28.7. The molecule has 0 unspecified atom stereocenters. The van der Waals surface area contributed by atoms with Crippen LogP contribution >= 0.6 is 11.3 Å². The van der Waals surface area contributed by atoms with E-state index in [-0.39, 0.29) is 5.41 Å². The number of hydrogen-bond donors (Lipinski definition) is 0. The molecule has 0 saturated carbocycles. The lowest BCUT2D eigenvalue weighted by atomic mass is 9.82. The quantitative estimate of drug-likeness (QED) is 0.187. The first-order valence-corrected chi connectivity index (χ1v) is 18.3. The van der Waals surface area contributed by atoms with Crippen molar-refractivity contribution in [1.29, 1.82) is 0 Å². The highest BCUT2D eigenvalue weighted by molar-refractivity contribution is 7.26. The van der Waals surface area contributed by atoms with Crippen LogP contribution < -0.4 is 0 Å². The standard InChI is InChI=1S/C47H31N3S/c1-47(2)36-23-13-11-22-34(36)40-37(47)26-25-33-31-20-12-14-24-38(31)50(44(33)40)46-48-42(29-17-7-4-8-18-29)45-43(49-46)41-32-21-10-9-19-30(32)35(27-39(41)51-45)28-15-5-3-6-16-28/h3-27H,1-2H3. The van der Waals surface area contributed by atoms with Crippen molar-refractivity contribution in [1.82, 2.24) is 14.5 Å². The zero-order valence-electron chi connectivity index (χ0n) is 28.2. The van der Waals surface area contributed by atoms with Gasteiger partial charge in [0.15, 0.2) is 0 Å². The Morgan fingerprint density at radius 1 is 0.549 bits per heavy atom. The average molecular weight is 670 g/mol. The van der Waals surface area contributed by atoms with E-state index in [1.54, 1.807) is 11.3 Å². The van der Waals surface area contributed by atoms with E-state index in [1.165, 1.54) is 70.5 Å². The molecule has 0 saturated heterocycles. The summed E-state index contributed by atoms with van der Waals surface area (Å²) in [4.78, 5) is 11.2. The molecule has 1 aliphatic rings. The molecule has 3 aromatic heterocycles. The lowest BCUT2D eigenvalue weighted by Gasteiger charge is -2.21. The maximum Gasteiger partial charge on any atom is 0.235 e. The van der Waals surface area contributed by atoms with Gasteiger partial charge in [-0.1, -0.05) is 153 Å². The van der Waals surface area contributed by atoms with Crippen molar-refractivity contribution in [2.24, 2.45) is 0 Å². The van der Waals surface area contributed by atoms with E-state index >= 15 is 0 Å². The van der Waals surface area contributed by atoms with Crippen molar-refractivity contribution in [3.05, 3.63) is 163 Å². The van der Waals surface area contributed by atoms with E-state index in [1.807, 2.05) is 0 Å². The summed E-state index contributed by atoms with van der Waals surface area (Å²) in [5.41, 5.74) is 12.9. The van der Waals surface area contributed by atoms with Gasteiger partial charge < -0.3 is 0 Å². The molecule has 11 rings (SSSR count). The van der Waals surface area contributed by atoms with E-state index in [0.717, 1.165) is 27.0 Å². The van der Waals surface area contributed by atoms with Crippen LogP contribution in [0, 0.1) is 0 Å². The minimum Gasteiger partial charge on any atom is -0.277 e. The van der Waals surface area contributed by atoms with Gasteiger partial charge in [-0.2, -0.15) is 0 Å². The topological polar surface area (TPSA) is 30.7 Å². The first-order valence-electron chi connectivity index (χ1n) is 17.5. The highest BCUT2D eigenvalue weighted by Crippen LogP contribution is 2.53. The summed E-state index contributed by atoms with van der Waals surface area (Å²) in [7, 11) is 0. The molecule has 1 aliphatic carbocycles. The largest absolute Gasteiger partial charge is 0.277 e. The van der Waals surface area contributed by atoms with Crippen LogP contribution in [-0.4, -0.2) is 14.5 Å². The Kier molecular flexibility index (Phi) is 5.89. The normalized spacial score (nSPS) is 13.5. The monoisotopic (exact) mass is 669 g/mol. The van der Waals surface area contributed by atoms with E-state index in [2.05, 4.69) is 170 Å². The van der Waals surface area contributed by atoms with Gasteiger partial charge in [-0.3, -0.25) is 4.57 Å². The molecule has 4 heteroatoms. The molecule has 51 heavy (non-hydrogen) atoms. The zero-order chi connectivity index (χ0) is 33.8. The predicted octanol–water partition coefficient (Wildman–Crippen LogP) is 12.7. The number of benzene rings is 7. The van der Waals surface area contributed by atoms with Crippen molar-refractivity contribution in [2.75, 3.05) is 0 Å². The molecule has 10 aromatic rings. The summed E-state index contributed by atoms with van der Waals surface area (Å²) >= 11 is 1.80. The molecule has 3 nitrogen and oxygen atoms in total. The number of thiophene rings is 1. The molecule has 0 atom stereocenters. The van der Waals surface area contributed by atoms with Gasteiger partial charge in [0.1, 0.15) is 0 Å². The molecule has 3 heterocycles. The summed E-state index contributed by atoms with van der Waals surface area (Å²) in [6.45, 7) is 4.69. The van der Waals surface area contributed by atoms with Gasteiger partial charge in [0, 0.05) is 37.4 Å². The Morgan fingerprint density at radius 3 is 2.02 bits per heavy atom. The Hall–Kier alpha value is -6.10. The molecule has 0 amide bonds. The summed E-state index contributed by atoms with van der Waals surface area (Å²) in [6.07, 6.45) is 0. The van der Waals surface area contributed by atoms with Gasteiger partial charge in [0.25, 0.3) is 0 Å². The number of rotatable bonds is 3. The lowest BCUT2D eigenvalue weighted by Crippen LogP contribution is -2.14. The minimum absolute atomic E-state index is 0.125. The third-order valence-electron chi connectivity index (χ3n) is 11.0. The molecule has 0 bridgehead atoms. The SMILES string of the molecule is CC1(C)c2ccccc2-c2c1ccc1c3ccccc3n(-c3nc(-c4ccccc4)c4sc5cc(-c6ccccc6)c6ccccc6c5c4n3)c21. The third kappa shape index (κ3) is 3.94. The van der Waals surface area contributed by atoms with Gasteiger partial charge in [0.05, 0.1) is 26.9 Å². The van der Waals surface area contributed by atoms with Crippen molar-refractivity contribution in [3.8, 4) is 39.5 Å². The summed E-state index contributed by atoms with van der Waals surface area (Å²) in [5.74, 6) is 0.694. The fourth-order valence-electron chi connectivity index (χ4n) is 8.69. The van der Waals surface area contributed by atoms with Crippen molar-refractivity contribution < 1.29 is 0 Å². The van der Waals surface area contributed by atoms with Crippen LogP contribution in [0.25, 0.3) is 92.3 Å². The number of fused-ring (bicyclic) bond motifs is 12. The van der Waals surface area contributed by atoms with Crippen LogP contribution in [0.1, 0.15) is 25.0 Å². The van der Waals surface area contributed by atoms with Crippen molar-refractivity contribution >= 4 is 64.2 Å². The van der Waals surface area contributed by atoms with Gasteiger partial charge in [-0.25, -0.2) is 9.97 Å². The second-order valence-electron chi connectivity index (χ2n) is 14.1. The van der Waals surface area contributed by atoms with Crippen LogP contribution in [0.15, 0.2) is 152 Å². The van der Waals surface area contributed by atoms with E-state index in [9.17, 15) is 0 Å². The molecule has 0 N–H and O–H groups in total. The summed E-state index contributed by atoms with van der Waals surface area (Å²) in [5, 5.41) is 6.04. The second kappa shape index (κ2) is 10.5. The Bertz CT molecular complexity index is 3040. The van der Waals surface area contributed by atoms with E-state index < -0.39 is 0 Å². The Balaban J connectivity index is 1.32. The lowest BCUT2D eigenvalue weighted by molar-refractivity contribution is 0.661. The van der Waals surface area contributed by atoms with Gasteiger partial charge in [0.2, 0.25) is 5.95 Å². The molecule has 0 fully saturated rings. The third-order valence-corrected chi connectivity index (χ3v) is 12.2. The molecule has 240 valence electrons. The van der Waals surface area contributed by atoms with Gasteiger partial charge in [-0.05, 0) is 50.7 Å². The molecule has 7 aromatic carbocycles. The Morgan fingerprint density at radius 2 is 1.22 bits per heavy atom. The van der Waals surface area contributed by atoms with Crippen LogP contribution in [0.3, 0.4) is 0 Å². The highest BCUT2D eigenvalue weighted by atomic mass is 32.1. The van der Waals surface area contributed by atoms with Crippen molar-refractivity contribution in [3.63, 3.8) is 0 Å². The maximum absolute atomic E-state index is 5.62. The fraction of sp³-hybridized carbons (Fsp3) is 0.0638. The summed E-state index contributed by atoms with van der Waals surface area (Å²) in [6, 6.07) is 54.8. The minimum atomic E-state index is -0.125.